The number of halogens is 1. The van der Waals surface area contributed by atoms with Crippen molar-refractivity contribution in [2.45, 2.75) is 25.7 Å². The highest BCUT2D eigenvalue weighted by atomic mass is 35.5. The minimum atomic E-state index is -0.149. The molecular formula is C15H18ClN5O2. The molecule has 2 aromatic heterocycles. The van der Waals surface area contributed by atoms with Gasteiger partial charge < -0.3 is 9.88 Å². The third kappa shape index (κ3) is 3.29. The second kappa shape index (κ2) is 6.16. The molecule has 0 spiro atoms. The lowest BCUT2D eigenvalue weighted by Gasteiger charge is -2.31. The first-order chi connectivity index (χ1) is 10.9. The molecule has 1 aliphatic rings. The van der Waals surface area contributed by atoms with E-state index >= 15 is 0 Å². The lowest BCUT2D eigenvalue weighted by Crippen LogP contribution is -2.38. The summed E-state index contributed by atoms with van der Waals surface area (Å²) in [5, 5.41) is 4.49. The number of rotatable bonds is 2. The zero-order valence-electron chi connectivity index (χ0n) is 13.0. The van der Waals surface area contributed by atoms with Crippen LogP contribution in [0.1, 0.15) is 40.8 Å². The summed E-state index contributed by atoms with van der Waals surface area (Å²) in [6.45, 7) is 2.97. The molecule has 122 valence electrons. The van der Waals surface area contributed by atoms with Crippen LogP contribution in [0, 0.1) is 6.92 Å². The molecule has 0 unspecified atom stereocenters. The Morgan fingerprint density at radius 2 is 2.09 bits per heavy atom. The van der Waals surface area contributed by atoms with Gasteiger partial charge >= 0.3 is 0 Å². The van der Waals surface area contributed by atoms with Crippen molar-refractivity contribution in [2.24, 2.45) is 7.05 Å². The number of amides is 1. The van der Waals surface area contributed by atoms with Crippen molar-refractivity contribution < 1.29 is 4.79 Å². The Balaban J connectivity index is 1.69. The van der Waals surface area contributed by atoms with Gasteiger partial charge in [0.15, 0.2) is 5.69 Å². The van der Waals surface area contributed by atoms with Gasteiger partial charge in [-0.25, -0.2) is 4.98 Å². The van der Waals surface area contributed by atoms with Crippen molar-refractivity contribution in [3.8, 4) is 0 Å². The highest BCUT2D eigenvalue weighted by Gasteiger charge is 2.28. The third-order valence-corrected chi connectivity index (χ3v) is 4.34. The van der Waals surface area contributed by atoms with Crippen LogP contribution in [0.25, 0.3) is 0 Å². The molecule has 1 saturated heterocycles. The molecule has 1 amide bonds. The molecule has 0 bridgehead atoms. The number of nitrogens with one attached hydrogen (secondary N) is 1. The predicted molar refractivity (Wildman–Crippen MR) is 85.7 cm³/mol. The number of carbonyl (C=O) groups is 1. The average Bonchev–Trinajstić information content (AvgIpc) is 2.84. The summed E-state index contributed by atoms with van der Waals surface area (Å²) >= 11 is 6.04. The monoisotopic (exact) mass is 335 g/mol. The van der Waals surface area contributed by atoms with Gasteiger partial charge in [0.2, 0.25) is 0 Å². The molecule has 0 saturated carbocycles. The number of H-pyrrole nitrogens is 1. The molecule has 0 aromatic carbocycles. The summed E-state index contributed by atoms with van der Waals surface area (Å²) < 4.78 is 1.53. The van der Waals surface area contributed by atoms with E-state index in [-0.39, 0.29) is 23.1 Å². The Bertz CT molecular complexity index is 789. The molecule has 1 fully saturated rings. The van der Waals surface area contributed by atoms with Crippen molar-refractivity contribution in [1.29, 1.82) is 0 Å². The quantitative estimate of drug-likeness (QED) is 0.901. The molecule has 1 aliphatic heterocycles. The zero-order chi connectivity index (χ0) is 16.6. The Hall–Kier alpha value is -2.15. The Morgan fingerprint density at radius 1 is 1.39 bits per heavy atom. The molecule has 1 N–H and O–H groups in total. The minimum absolute atomic E-state index is 0.133. The predicted octanol–water partition coefficient (Wildman–Crippen LogP) is 1.49. The molecule has 3 rings (SSSR count). The van der Waals surface area contributed by atoms with Crippen LogP contribution < -0.4 is 5.56 Å². The first kappa shape index (κ1) is 15.7. The number of piperidine rings is 1. The molecule has 2 aromatic rings. The summed E-state index contributed by atoms with van der Waals surface area (Å²) in [6.07, 6.45) is 3.16. The van der Waals surface area contributed by atoms with Crippen LogP contribution in [0.3, 0.4) is 0 Å². The summed E-state index contributed by atoms with van der Waals surface area (Å²) in [7, 11) is 1.73. The number of likely N-dealkylation sites (tertiary alicyclic amines) is 1. The lowest BCUT2D eigenvalue weighted by atomic mass is 9.93. The van der Waals surface area contributed by atoms with Crippen molar-refractivity contribution in [2.75, 3.05) is 13.1 Å². The fourth-order valence-corrected chi connectivity index (χ4v) is 3.20. The average molecular weight is 336 g/mol. The number of aromatic nitrogens is 4. The first-order valence-corrected chi connectivity index (χ1v) is 7.88. The lowest BCUT2D eigenvalue weighted by molar-refractivity contribution is 0.0705. The smallest absolute Gasteiger partial charge is 0.275 e. The van der Waals surface area contributed by atoms with Gasteiger partial charge in [0.25, 0.3) is 11.5 Å². The summed E-state index contributed by atoms with van der Waals surface area (Å²) in [5.74, 6) is 0.662. The van der Waals surface area contributed by atoms with Gasteiger partial charge in [0.05, 0.1) is 10.7 Å². The van der Waals surface area contributed by atoms with E-state index in [0.717, 1.165) is 18.5 Å². The third-order valence-electron chi connectivity index (χ3n) is 4.07. The summed E-state index contributed by atoms with van der Waals surface area (Å²) in [4.78, 5) is 32.9. The van der Waals surface area contributed by atoms with Gasteiger partial charge in [-0.15, -0.1) is 0 Å². The maximum atomic E-state index is 12.5. The Kier molecular flexibility index (Phi) is 4.21. The molecule has 0 radical (unpaired) electrons. The van der Waals surface area contributed by atoms with E-state index in [9.17, 15) is 9.59 Å². The number of hydrogen-bond acceptors (Lipinski definition) is 4. The van der Waals surface area contributed by atoms with Gasteiger partial charge in [0, 0.05) is 38.3 Å². The second-order valence-corrected chi connectivity index (χ2v) is 6.23. The number of aromatic amines is 1. The SMILES string of the molecule is Cc1nc(C2CCN(C(=O)c3nn(C)cc3Cl)CC2)cc(=O)[nH]1. The molecule has 8 heteroatoms. The molecule has 7 nitrogen and oxygen atoms in total. The molecule has 0 atom stereocenters. The normalized spacial score (nSPS) is 15.9. The van der Waals surface area contributed by atoms with Crippen molar-refractivity contribution in [3.05, 3.63) is 44.9 Å². The zero-order valence-corrected chi connectivity index (χ0v) is 13.8. The van der Waals surface area contributed by atoms with E-state index in [2.05, 4.69) is 15.1 Å². The van der Waals surface area contributed by atoms with Gasteiger partial charge in [-0.3, -0.25) is 14.3 Å². The van der Waals surface area contributed by atoms with Gasteiger partial charge in [-0.1, -0.05) is 11.6 Å². The first-order valence-electron chi connectivity index (χ1n) is 7.50. The van der Waals surface area contributed by atoms with Crippen molar-refractivity contribution in [3.63, 3.8) is 0 Å². The van der Waals surface area contributed by atoms with Crippen LogP contribution in [0.5, 0.6) is 0 Å². The number of nitrogens with zero attached hydrogens (tertiary/aromatic N) is 4. The standard InChI is InChI=1S/C15H18ClN5O2/c1-9-17-12(7-13(22)18-9)10-3-5-21(6-4-10)15(23)14-11(16)8-20(2)19-14/h7-8,10H,3-6H2,1-2H3,(H,17,18,22). The van der Waals surface area contributed by atoms with Crippen LogP contribution in [0.15, 0.2) is 17.1 Å². The molecule has 0 aliphatic carbocycles. The van der Waals surface area contributed by atoms with Gasteiger partial charge in [-0.05, 0) is 19.8 Å². The second-order valence-electron chi connectivity index (χ2n) is 5.82. The number of hydrogen-bond donors (Lipinski definition) is 1. The van der Waals surface area contributed by atoms with Crippen LogP contribution in [-0.4, -0.2) is 43.6 Å². The molecule has 3 heterocycles. The van der Waals surface area contributed by atoms with Crippen LogP contribution >= 0.6 is 11.6 Å². The van der Waals surface area contributed by atoms with E-state index in [1.807, 2.05) is 0 Å². The summed E-state index contributed by atoms with van der Waals surface area (Å²) in [6, 6.07) is 1.55. The van der Waals surface area contributed by atoms with E-state index < -0.39 is 0 Å². The van der Waals surface area contributed by atoms with Crippen LogP contribution in [0.4, 0.5) is 0 Å². The highest BCUT2D eigenvalue weighted by molar-refractivity contribution is 6.33. The minimum Gasteiger partial charge on any atom is -0.337 e. The maximum Gasteiger partial charge on any atom is 0.275 e. The van der Waals surface area contributed by atoms with Crippen LogP contribution in [0.2, 0.25) is 5.02 Å². The molecule has 23 heavy (non-hydrogen) atoms. The van der Waals surface area contributed by atoms with Crippen LogP contribution in [-0.2, 0) is 7.05 Å². The van der Waals surface area contributed by atoms with E-state index in [1.54, 1.807) is 31.1 Å². The van der Waals surface area contributed by atoms with Crippen molar-refractivity contribution >= 4 is 17.5 Å². The van der Waals surface area contributed by atoms with E-state index in [0.29, 0.717) is 23.9 Å². The Morgan fingerprint density at radius 3 is 2.65 bits per heavy atom. The van der Waals surface area contributed by atoms with Gasteiger partial charge in [0.1, 0.15) is 5.82 Å². The Labute approximate surface area is 138 Å². The van der Waals surface area contributed by atoms with E-state index in [4.69, 9.17) is 11.6 Å². The van der Waals surface area contributed by atoms with E-state index in [1.165, 1.54) is 4.68 Å². The highest BCUT2D eigenvalue weighted by Crippen LogP contribution is 2.27. The fraction of sp³-hybridized carbons (Fsp3) is 0.467. The van der Waals surface area contributed by atoms with Gasteiger partial charge in [-0.2, -0.15) is 5.10 Å². The molecular weight excluding hydrogens is 318 g/mol. The number of aryl methyl sites for hydroxylation is 2. The topological polar surface area (TPSA) is 83.9 Å². The number of carbonyl (C=O) groups excluding carboxylic acids is 1. The van der Waals surface area contributed by atoms with Crippen molar-refractivity contribution in [1.82, 2.24) is 24.6 Å². The summed E-state index contributed by atoms with van der Waals surface area (Å²) in [5.41, 5.74) is 0.957. The fourth-order valence-electron chi connectivity index (χ4n) is 2.94. The largest absolute Gasteiger partial charge is 0.337 e. The maximum absolute atomic E-state index is 12.5.